The van der Waals surface area contributed by atoms with Crippen LogP contribution in [0.2, 0.25) is 0 Å². The first-order chi connectivity index (χ1) is 12.3. The van der Waals surface area contributed by atoms with Gasteiger partial charge in [-0.15, -0.1) is 0 Å². The summed E-state index contributed by atoms with van der Waals surface area (Å²) in [5.74, 6) is 0.983. The molecule has 0 radical (unpaired) electrons. The van der Waals surface area contributed by atoms with E-state index < -0.39 is 10.0 Å². The Morgan fingerprint density at radius 1 is 1.23 bits per heavy atom. The smallest absolute Gasteiger partial charge is 0.246 e. The molecule has 0 spiro atoms. The lowest BCUT2D eigenvalue weighted by molar-refractivity contribution is -0.126. The fraction of sp³-hybridized carbons (Fsp3) is 0.611. The maximum Gasteiger partial charge on any atom is 0.246 e. The zero-order valence-corrected chi connectivity index (χ0v) is 16.6. The maximum atomic E-state index is 13.0. The number of carbonyl (C=O) groups is 1. The standard InChI is InChI=1S/C18H28N2O5S/c1-13(2)12-19-18(21)14-7-9-20(10-8-14)26(22,23)17-11-15(24-3)5-6-16(17)25-4/h5-6,11,13-14H,7-10,12H2,1-4H3,(H,19,21). The molecule has 0 atom stereocenters. The molecular formula is C18H28N2O5S. The van der Waals surface area contributed by atoms with E-state index in [-0.39, 0.29) is 22.5 Å². The van der Waals surface area contributed by atoms with Crippen molar-refractivity contribution in [3.8, 4) is 11.5 Å². The van der Waals surface area contributed by atoms with Gasteiger partial charge in [-0.1, -0.05) is 13.8 Å². The minimum atomic E-state index is -3.72. The second-order valence-electron chi connectivity index (χ2n) is 6.83. The first-order valence-electron chi connectivity index (χ1n) is 8.79. The van der Waals surface area contributed by atoms with Crippen molar-refractivity contribution >= 4 is 15.9 Å². The number of hydrogen-bond donors (Lipinski definition) is 1. The number of benzene rings is 1. The largest absolute Gasteiger partial charge is 0.497 e. The molecule has 0 aromatic heterocycles. The number of nitrogens with one attached hydrogen (secondary N) is 1. The van der Waals surface area contributed by atoms with Gasteiger partial charge in [0.2, 0.25) is 15.9 Å². The molecule has 8 heteroatoms. The second kappa shape index (κ2) is 8.73. The Morgan fingerprint density at radius 3 is 2.42 bits per heavy atom. The minimum absolute atomic E-state index is 0.00899. The van der Waals surface area contributed by atoms with Crippen LogP contribution in [0.1, 0.15) is 26.7 Å². The molecule has 1 N–H and O–H groups in total. The van der Waals surface area contributed by atoms with Gasteiger partial charge in [-0.2, -0.15) is 4.31 Å². The third-order valence-corrected chi connectivity index (χ3v) is 6.42. The number of amides is 1. The van der Waals surface area contributed by atoms with Crippen LogP contribution in [0.25, 0.3) is 0 Å². The molecule has 1 aliphatic heterocycles. The molecular weight excluding hydrogens is 356 g/mol. The van der Waals surface area contributed by atoms with Gasteiger partial charge in [0.05, 0.1) is 14.2 Å². The Morgan fingerprint density at radius 2 is 1.88 bits per heavy atom. The fourth-order valence-corrected chi connectivity index (χ4v) is 4.57. The number of carbonyl (C=O) groups excluding carboxylic acids is 1. The van der Waals surface area contributed by atoms with Crippen LogP contribution in [0.4, 0.5) is 0 Å². The van der Waals surface area contributed by atoms with Gasteiger partial charge < -0.3 is 14.8 Å². The summed E-state index contributed by atoms with van der Waals surface area (Å²) in [6.45, 7) is 5.33. The van der Waals surface area contributed by atoms with Gasteiger partial charge in [0.15, 0.2) is 0 Å². The molecule has 1 fully saturated rings. The van der Waals surface area contributed by atoms with Crippen LogP contribution in [0.3, 0.4) is 0 Å². The van der Waals surface area contributed by atoms with E-state index in [0.29, 0.717) is 44.1 Å². The Balaban J connectivity index is 2.10. The van der Waals surface area contributed by atoms with E-state index in [0.717, 1.165) is 0 Å². The van der Waals surface area contributed by atoms with E-state index >= 15 is 0 Å². The van der Waals surface area contributed by atoms with E-state index in [1.165, 1.54) is 24.6 Å². The van der Waals surface area contributed by atoms with Crippen LogP contribution in [0, 0.1) is 11.8 Å². The van der Waals surface area contributed by atoms with Crippen LogP contribution in [0.15, 0.2) is 23.1 Å². The van der Waals surface area contributed by atoms with Crippen molar-refractivity contribution in [1.29, 1.82) is 0 Å². The summed E-state index contributed by atoms with van der Waals surface area (Å²) in [7, 11) is -0.793. The Labute approximate surface area is 155 Å². The highest BCUT2D eigenvalue weighted by Gasteiger charge is 2.33. The highest BCUT2D eigenvalue weighted by Crippen LogP contribution is 2.32. The zero-order chi connectivity index (χ0) is 19.3. The summed E-state index contributed by atoms with van der Waals surface area (Å²) in [6, 6.07) is 4.70. The van der Waals surface area contributed by atoms with E-state index in [4.69, 9.17) is 9.47 Å². The van der Waals surface area contributed by atoms with Gasteiger partial charge in [-0.3, -0.25) is 4.79 Å². The van der Waals surface area contributed by atoms with Crippen LogP contribution >= 0.6 is 0 Å². The molecule has 1 heterocycles. The normalized spacial score (nSPS) is 16.5. The average molecular weight is 384 g/mol. The molecule has 0 bridgehead atoms. The highest BCUT2D eigenvalue weighted by molar-refractivity contribution is 7.89. The number of hydrogen-bond acceptors (Lipinski definition) is 5. The molecule has 1 aromatic rings. The van der Waals surface area contributed by atoms with Gasteiger partial charge in [-0.25, -0.2) is 8.42 Å². The van der Waals surface area contributed by atoms with Crippen molar-refractivity contribution in [2.24, 2.45) is 11.8 Å². The molecule has 1 aromatic carbocycles. The quantitative estimate of drug-likeness (QED) is 0.776. The lowest BCUT2D eigenvalue weighted by Gasteiger charge is -2.31. The Bertz CT molecular complexity index is 725. The molecule has 0 aliphatic carbocycles. The summed E-state index contributed by atoms with van der Waals surface area (Å²) in [5, 5.41) is 2.93. The van der Waals surface area contributed by atoms with Crippen LogP contribution < -0.4 is 14.8 Å². The summed E-state index contributed by atoms with van der Waals surface area (Å²) in [6.07, 6.45) is 1.02. The Hall–Kier alpha value is -1.80. The van der Waals surface area contributed by atoms with Crippen molar-refractivity contribution in [3.05, 3.63) is 18.2 Å². The average Bonchev–Trinajstić information content (AvgIpc) is 2.65. The molecule has 0 unspecified atom stereocenters. The van der Waals surface area contributed by atoms with E-state index in [1.54, 1.807) is 12.1 Å². The van der Waals surface area contributed by atoms with E-state index in [2.05, 4.69) is 5.32 Å². The van der Waals surface area contributed by atoms with Crippen molar-refractivity contribution in [2.45, 2.75) is 31.6 Å². The van der Waals surface area contributed by atoms with Crippen molar-refractivity contribution < 1.29 is 22.7 Å². The van der Waals surface area contributed by atoms with Crippen LogP contribution in [0.5, 0.6) is 11.5 Å². The lowest BCUT2D eigenvalue weighted by atomic mass is 9.97. The highest BCUT2D eigenvalue weighted by atomic mass is 32.2. The van der Waals surface area contributed by atoms with Gasteiger partial charge in [-0.05, 0) is 30.9 Å². The number of piperidine rings is 1. The second-order valence-corrected chi connectivity index (χ2v) is 8.74. The predicted octanol–water partition coefficient (Wildman–Crippen LogP) is 1.88. The summed E-state index contributed by atoms with van der Waals surface area (Å²) in [5.41, 5.74) is 0. The number of nitrogens with zero attached hydrogens (tertiary/aromatic N) is 1. The minimum Gasteiger partial charge on any atom is -0.497 e. The first-order valence-corrected chi connectivity index (χ1v) is 10.2. The topological polar surface area (TPSA) is 84.9 Å². The van der Waals surface area contributed by atoms with Crippen molar-refractivity contribution in [3.63, 3.8) is 0 Å². The molecule has 146 valence electrons. The van der Waals surface area contributed by atoms with Gasteiger partial charge in [0.25, 0.3) is 0 Å². The first kappa shape index (κ1) is 20.5. The van der Waals surface area contributed by atoms with Crippen LogP contribution in [-0.2, 0) is 14.8 Å². The molecule has 0 saturated carbocycles. The molecule has 1 saturated heterocycles. The monoisotopic (exact) mass is 384 g/mol. The van der Waals surface area contributed by atoms with Crippen molar-refractivity contribution in [2.75, 3.05) is 33.9 Å². The molecule has 26 heavy (non-hydrogen) atoms. The number of rotatable bonds is 7. The van der Waals surface area contributed by atoms with Crippen LogP contribution in [-0.4, -0.2) is 52.5 Å². The molecule has 2 rings (SSSR count). The number of sulfonamides is 1. The van der Waals surface area contributed by atoms with Crippen molar-refractivity contribution in [1.82, 2.24) is 9.62 Å². The Kier molecular flexibility index (Phi) is 6.88. The maximum absolute atomic E-state index is 13.0. The molecule has 1 amide bonds. The molecule has 7 nitrogen and oxygen atoms in total. The lowest BCUT2D eigenvalue weighted by Crippen LogP contribution is -2.43. The summed E-state index contributed by atoms with van der Waals surface area (Å²) in [4.78, 5) is 12.3. The fourth-order valence-electron chi connectivity index (χ4n) is 2.93. The molecule has 1 aliphatic rings. The summed E-state index contributed by atoms with van der Waals surface area (Å²) >= 11 is 0. The number of ether oxygens (including phenoxy) is 2. The van der Waals surface area contributed by atoms with E-state index in [9.17, 15) is 13.2 Å². The summed E-state index contributed by atoms with van der Waals surface area (Å²) < 4.78 is 37.8. The SMILES string of the molecule is COc1ccc(OC)c(S(=O)(=O)N2CCC(C(=O)NCC(C)C)CC2)c1. The third-order valence-electron chi connectivity index (χ3n) is 4.50. The zero-order valence-electron chi connectivity index (χ0n) is 15.8. The van der Waals surface area contributed by atoms with Gasteiger partial charge >= 0.3 is 0 Å². The predicted molar refractivity (Wildman–Crippen MR) is 98.9 cm³/mol. The van der Waals surface area contributed by atoms with Gasteiger partial charge in [0, 0.05) is 31.6 Å². The van der Waals surface area contributed by atoms with E-state index in [1.807, 2.05) is 13.8 Å². The van der Waals surface area contributed by atoms with Gasteiger partial charge in [0.1, 0.15) is 16.4 Å². The number of methoxy groups -OCH3 is 2. The third kappa shape index (κ3) is 4.67.